The van der Waals surface area contributed by atoms with E-state index in [2.05, 4.69) is 50.4 Å². The molecular weight excluding hydrogens is 709 g/mol. The molecule has 0 aliphatic heterocycles. The molecule has 0 aliphatic rings. The summed E-state index contributed by atoms with van der Waals surface area (Å²) in [5.74, 6) is -0.312. The van der Waals surface area contributed by atoms with Gasteiger partial charge in [0, 0.05) is 13.0 Å². The molecule has 0 aromatic heterocycles. The summed E-state index contributed by atoms with van der Waals surface area (Å²) >= 11 is 0. The number of carbonyl (C=O) groups is 2. The van der Waals surface area contributed by atoms with E-state index < -0.39 is 14.7 Å². The van der Waals surface area contributed by atoms with E-state index in [-0.39, 0.29) is 19.2 Å². The van der Waals surface area contributed by atoms with E-state index in [1.54, 1.807) is 0 Å². The number of ether oxygens (including phenoxy) is 2. The monoisotopic (exact) mass is 800 g/mol. The Hall–Kier alpha value is -1.31. The van der Waals surface area contributed by atoms with E-state index in [4.69, 9.17) is 23.0 Å². The van der Waals surface area contributed by atoms with Crippen LogP contribution >= 0.6 is 8.60 Å². The molecule has 0 aliphatic carbocycles. The Kier molecular flexibility index (Phi) is 51.4. The zero-order chi connectivity index (χ0) is 40.6. The zero-order valence-electron chi connectivity index (χ0n) is 36.8. The first-order valence-corrected chi connectivity index (χ1v) is 24.1. The zero-order valence-corrected chi connectivity index (χ0v) is 37.7. The van der Waals surface area contributed by atoms with Gasteiger partial charge < -0.3 is 28.4 Å². The van der Waals surface area contributed by atoms with E-state index in [1.807, 2.05) is 14.0 Å². The molecule has 1 unspecified atom stereocenters. The fourth-order valence-electron chi connectivity index (χ4n) is 5.93. The number of rotatable bonds is 43. The van der Waals surface area contributed by atoms with Crippen molar-refractivity contribution in [1.29, 1.82) is 0 Å². The van der Waals surface area contributed by atoms with Crippen molar-refractivity contribution in [3.63, 3.8) is 0 Å². The summed E-state index contributed by atoms with van der Waals surface area (Å²) in [6, 6.07) is 0. The average molecular weight is 800 g/mol. The van der Waals surface area contributed by atoms with Crippen LogP contribution in [0.2, 0.25) is 0 Å². The fraction of sp³-hybridized carbons (Fsp3) is 0.870. The van der Waals surface area contributed by atoms with Crippen LogP contribution in [0.3, 0.4) is 0 Å². The maximum absolute atomic E-state index is 12.2. The van der Waals surface area contributed by atoms with Crippen molar-refractivity contribution in [3.05, 3.63) is 24.3 Å². The third-order valence-corrected chi connectivity index (χ3v) is 10.5. The topological polar surface area (TPSA) is 92.3 Å². The summed E-state index contributed by atoms with van der Waals surface area (Å²) in [6.07, 6.45) is 45.9. The lowest BCUT2D eigenvalue weighted by Crippen LogP contribution is -2.28. The molecule has 0 saturated carbocycles. The highest BCUT2D eigenvalue weighted by Crippen LogP contribution is 2.39. The Morgan fingerprint density at radius 3 is 1.36 bits per heavy atom. The summed E-state index contributed by atoms with van der Waals surface area (Å²) < 4.78 is 26.9. The Morgan fingerprint density at radius 2 is 0.964 bits per heavy atom. The molecule has 8 nitrogen and oxygen atoms in total. The molecule has 0 aromatic rings. The Bertz CT molecular complexity index is 813. The molecule has 1 N–H and O–H groups in total. The fourth-order valence-corrected chi connectivity index (χ4v) is 6.89. The summed E-state index contributed by atoms with van der Waals surface area (Å²) in [5.41, 5.74) is 0. The van der Waals surface area contributed by atoms with Gasteiger partial charge in [-0.05, 0) is 71.8 Å². The molecule has 0 fully saturated rings. The van der Waals surface area contributed by atoms with Crippen molar-refractivity contribution in [2.75, 3.05) is 40.0 Å². The molecule has 0 bridgehead atoms. The molecule has 0 amide bonds. The highest BCUT2D eigenvalue weighted by atomic mass is 31.2. The molecule has 326 valence electrons. The summed E-state index contributed by atoms with van der Waals surface area (Å²) in [7, 11) is 0.275. The van der Waals surface area contributed by atoms with Crippen molar-refractivity contribution >= 4 is 21.0 Å². The summed E-state index contributed by atoms with van der Waals surface area (Å²) in [6.45, 7) is 10.5. The third-order valence-electron chi connectivity index (χ3n) is 9.31. The molecule has 0 radical (unpaired) electrons. The SMILES string of the molecule is CCCCCCCC/C=C\CCCCCCCC(=O)O[C@@H](COC=O)COP(OCC)OCCNC.CCCCCCCC/C=C\CCCCCCCCC. The maximum atomic E-state index is 12.2. The van der Waals surface area contributed by atoms with Gasteiger partial charge in [-0.3, -0.25) is 9.59 Å². The van der Waals surface area contributed by atoms with Gasteiger partial charge in [-0.1, -0.05) is 167 Å². The Morgan fingerprint density at radius 1 is 0.545 bits per heavy atom. The van der Waals surface area contributed by atoms with Crippen LogP contribution in [0.1, 0.15) is 214 Å². The number of hydrogen-bond donors (Lipinski definition) is 1. The lowest BCUT2D eigenvalue weighted by molar-refractivity contribution is -0.156. The lowest BCUT2D eigenvalue weighted by Gasteiger charge is -2.20. The van der Waals surface area contributed by atoms with Gasteiger partial charge in [0.1, 0.15) is 6.61 Å². The molecule has 0 rings (SSSR count). The van der Waals surface area contributed by atoms with Crippen molar-refractivity contribution in [2.24, 2.45) is 0 Å². The number of carbonyl (C=O) groups excluding carboxylic acids is 2. The first-order chi connectivity index (χ1) is 27.1. The second-order valence-electron chi connectivity index (χ2n) is 14.7. The largest absolute Gasteiger partial charge is 0.464 e. The Labute approximate surface area is 342 Å². The highest BCUT2D eigenvalue weighted by molar-refractivity contribution is 7.41. The molecule has 55 heavy (non-hydrogen) atoms. The number of nitrogens with one attached hydrogen (secondary N) is 1. The summed E-state index contributed by atoms with van der Waals surface area (Å²) in [4.78, 5) is 22.8. The van der Waals surface area contributed by atoms with Crippen LogP contribution in [0.5, 0.6) is 0 Å². The van der Waals surface area contributed by atoms with Crippen LogP contribution in [0.25, 0.3) is 0 Å². The van der Waals surface area contributed by atoms with Gasteiger partial charge in [0.2, 0.25) is 0 Å². The van der Waals surface area contributed by atoms with Gasteiger partial charge in [-0.15, -0.1) is 0 Å². The minimum absolute atomic E-state index is 0.0389. The van der Waals surface area contributed by atoms with Crippen molar-refractivity contribution in [2.45, 2.75) is 220 Å². The smallest absolute Gasteiger partial charge is 0.332 e. The standard InChI is InChI=1S/C27H52NO7P.C19H38/c1-4-6-7-8-9-10-11-12-13-14-15-16-17-18-19-20-27(30)35-26(23-31-25-29)24-34-36(32-5-2)33-22-21-28-3;1-3-5-7-9-11-13-15-17-19-18-16-14-12-10-8-6-4-2/h12-13,25-26,28H,4-11,14-24H2,1-3H3;17,19H,3-16,18H2,1-2H3/b13-12-;19-17-/t26-,36?;/m0./s1. The highest BCUT2D eigenvalue weighted by Gasteiger charge is 2.20. The quantitative estimate of drug-likeness (QED) is 0.0214. The van der Waals surface area contributed by atoms with Crippen LogP contribution in [-0.2, 0) is 32.6 Å². The van der Waals surface area contributed by atoms with Gasteiger partial charge in [-0.2, -0.15) is 0 Å². The van der Waals surface area contributed by atoms with Gasteiger partial charge in [0.25, 0.3) is 6.47 Å². The van der Waals surface area contributed by atoms with Crippen LogP contribution in [-0.4, -0.2) is 58.6 Å². The normalized spacial score (nSPS) is 12.5. The van der Waals surface area contributed by atoms with Crippen LogP contribution in [0, 0.1) is 0 Å². The lowest BCUT2D eigenvalue weighted by atomic mass is 10.1. The van der Waals surface area contributed by atoms with E-state index in [0.717, 1.165) is 25.7 Å². The number of esters is 1. The number of allylic oxidation sites excluding steroid dienone is 4. The molecule has 0 aromatic carbocycles. The minimum Gasteiger partial charge on any atom is -0.464 e. The molecular formula is C46H90NO7P. The van der Waals surface area contributed by atoms with E-state index >= 15 is 0 Å². The third kappa shape index (κ3) is 48.8. The van der Waals surface area contributed by atoms with Gasteiger partial charge in [0.05, 0.1) is 19.8 Å². The molecule has 0 heterocycles. The second-order valence-corrected chi connectivity index (χ2v) is 15.9. The van der Waals surface area contributed by atoms with E-state index in [0.29, 0.717) is 32.7 Å². The number of likely N-dealkylation sites (N-methyl/N-ethyl adjacent to an activating group) is 1. The average Bonchev–Trinajstić information content (AvgIpc) is 3.19. The van der Waals surface area contributed by atoms with Crippen LogP contribution in [0.4, 0.5) is 0 Å². The second kappa shape index (κ2) is 50.7. The predicted octanol–water partition coefficient (Wildman–Crippen LogP) is 14.1. The van der Waals surface area contributed by atoms with Crippen molar-refractivity contribution in [1.82, 2.24) is 5.32 Å². The minimum atomic E-state index is -1.55. The first kappa shape index (κ1) is 55.8. The molecule has 0 spiro atoms. The van der Waals surface area contributed by atoms with Gasteiger partial charge in [0.15, 0.2) is 6.10 Å². The van der Waals surface area contributed by atoms with Crippen molar-refractivity contribution < 1.29 is 32.6 Å². The Balaban J connectivity index is 0. The van der Waals surface area contributed by atoms with Gasteiger partial charge >= 0.3 is 14.6 Å². The first-order valence-electron chi connectivity index (χ1n) is 23.0. The van der Waals surface area contributed by atoms with Crippen molar-refractivity contribution in [3.8, 4) is 0 Å². The van der Waals surface area contributed by atoms with Crippen LogP contribution < -0.4 is 5.32 Å². The maximum Gasteiger partial charge on any atom is 0.332 e. The molecule has 9 heteroatoms. The molecule has 2 atom stereocenters. The number of unbranched alkanes of at least 4 members (excludes halogenated alkanes) is 24. The summed E-state index contributed by atoms with van der Waals surface area (Å²) in [5, 5.41) is 2.98. The predicted molar refractivity (Wildman–Crippen MR) is 235 cm³/mol. The van der Waals surface area contributed by atoms with E-state index in [9.17, 15) is 9.59 Å². The number of hydrogen-bond acceptors (Lipinski definition) is 8. The van der Waals surface area contributed by atoms with Gasteiger partial charge in [-0.25, -0.2) is 0 Å². The van der Waals surface area contributed by atoms with E-state index in [1.165, 1.54) is 154 Å². The molecule has 0 saturated heterocycles. The van der Waals surface area contributed by atoms with Crippen LogP contribution in [0.15, 0.2) is 24.3 Å².